The maximum atomic E-state index is 10.4. The lowest BCUT2D eigenvalue weighted by Crippen LogP contribution is -2.29. The SMILES string of the molecule is Cn1cnnc1C1CCCN1CC(O)c1ccc(Cl)cc1. The van der Waals surface area contributed by atoms with E-state index in [1.807, 2.05) is 35.9 Å². The first-order valence-corrected chi connectivity index (χ1v) is 7.54. The molecule has 1 aromatic heterocycles. The summed E-state index contributed by atoms with van der Waals surface area (Å²) in [7, 11) is 1.96. The van der Waals surface area contributed by atoms with Crippen molar-refractivity contribution in [2.24, 2.45) is 7.05 Å². The van der Waals surface area contributed by atoms with E-state index in [-0.39, 0.29) is 6.04 Å². The summed E-state index contributed by atoms with van der Waals surface area (Å²) in [5, 5.41) is 19.3. The zero-order valence-electron chi connectivity index (χ0n) is 12.0. The number of aryl methyl sites for hydroxylation is 1. The Hall–Kier alpha value is -1.43. The Morgan fingerprint density at radius 2 is 2.14 bits per heavy atom. The lowest BCUT2D eigenvalue weighted by Gasteiger charge is -2.26. The van der Waals surface area contributed by atoms with Crippen LogP contribution >= 0.6 is 11.6 Å². The monoisotopic (exact) mass is 306 g/mol. The third kappa shape index (κ3) is 3.10. The molecule has 112 valence electrons. The number of benzene rings is 1. The van der Waals surface area contributed by atoms with Gasteiger partial charge in [0.05, 0.1) is 12.1 Å². The molecule has 6 heteroatoms. The maximum absolute atomic E-state index is 10.4. The van der Waals surface area contributed by atoms with Gasteiger partial charge in [0.2, 0.25) is 0 Å². The minimum absolute atomic E-state index is 0.236. The van der Waals surface area contributed by atoms with Crippen LogP contribution in [0, 0.1) is 0 Å². The number of aromatic nitrogens is 3. The van der Waals surface area contributed by atoms with Gasteiger partial charge in [0, 0.05) is 18.6 Å². The first-order valence-electron chi connectivity index (χ1n) is 7.16. The molecule has 5 nitrogen and oxygen atoms in total. The fourth-order valence-corrected chi connectivity index (χ4v) is 3.07. The molecule has 1 aromatic carbocycles. The standard InChI is InChI=1S/C15H19ClN4O/c1-19-10-17-18-15(19)13-3-2-8-20(13)9-14(21)11-4-6-12(16)7-5-11/h4-7,10,13-14,21H,2-3,8-9H2,1H3. The number of likely N-dealkylation sites (tertiary alicyclic amines) is 1. The van der Waals surface area contributed by atoms with Gasteiger partial charge in [0.25, 0.3) is 0 Å². The number of hydrogen-bond acceptors (Lipinski definition) is 4. The lowest BCUT2D eigenvalue weighted by atomic mass is 10.1. The van der Waals surface area contributed by atoms with E-state index in [2.05, 4.69) is 15.1 Å². The van der Waals surface area contributed by atoms with Crippen LogP contribution in [0.2, 0.25) is 5.02 Å². The molecule has 1 saturated heterocycles. The first-order chi connectivity index (χ1) is 10.1. The van der Waals surface area contributed by atoms with E-state index >= 15 is 0 Å². The summed E-state index contributed by atoms with van der Waals surface area (Å²) < 4.78 is 1.96. The zero-order valence-corrected chi connectivity index (χ0v) is 12.7. The number of β-amino-alcohol motifs (C(OH)–C–C–N with tert-alkyl or cyclic N) is 1. The summed E-state index contributed by atoms with van der Waals surface area (Å²) >= 11 is 5.88. The second-order valence-corrected chi connectivity index (χ2v) is 5.96. The van der Waals surface area contributed by atoms with Gasteiger partial charge in [-0.2, -0.15) is 0 Å². The Morgan fingerprint density at radius 3 is 2.81 bits per heavy atom. The highest BCUT2D eigenvalue weighted by Crippen LogP contribution is 2.32. The lowest BCUT2D eigenvalue weighted by molar-refractivity contribution is 0.103. The van der Waals surface area contributed by atoms with Gasteiger partial charge in [-0.05, 0) is 37.1 Å². The van der Waals surface area contributed by atoms with E-state index in [1.54, 1.807) is 6.33 Å². The zero-order chi connectivity index (χ0) is 14.8. The van der Waals surface area contributed by atoms with Gasteiger partial charge in [-0.15, -0.1) is 10.2 Å². The van der Waals surface area contributed by atoms with Crippen molar-refractivity contribution in [3.05, 3.63) is 47.0 Å². The van der Waals surface area contributed by atoms with E-state index in [9.17, 15) is 5.11 Å². The molecule has 3 rings (SSSR count). The van der Waals surface area contributed by atoms with Crippen molar-refractivity contribution in [1.82, 2.24) is 19.7 Å². The highest BCUT2D eigenvalue weighted by molar-refractivity contribution is 6.30. The molecule has 1 aliphatic rings. The number of nitrogens with zero attached hydrogens (tertiary/aromatic N) is 4. The molecule has 0 radical (unpaired) electrons. The third-order valence-electron chi connectivity index (χ3n) is 4.07. The van der Waals surface area contributed by atoms with Gasteiger partial charge < -0.3 is 9.67 Å². The number of rotatable bonds is 4. The smallest absolute Gasteiger partial charge is 0.149 e. The molecule has 2 heterocycles. The van der Waals surface area contributed by atoms with Crippen molar-refractivity contribution in [3.8, 4) is 0 Å². The van der Waals surface area contributed by atoms with E-state index in [4.69, 9.17) is 11.6 Å². The Kier molecular flexibility index (Phi) is 4.24. The largest absolute Gasteiger partial charge is 0.387 e. The Morgan fingerprint density at radius 1 is 1.38 bits per heavy atom. The maximum Gasteiger partial charge on any atom is 0.149 e. The van der Waals surface area contributed by atoms with Crippen LogP contribution in [0.25, 0.3) is 0 Å². The van der Waals surface area contributed by atoms with Crippen LogP contribution in [0.15, 0.2) is 30.6 Å². The van der Waals surface area contributed by atoms with Crippen molar-refractivity contribution in [2.75, 3.05) is 13.1 Å². The third-order valence-corrected chi connectivity index (χ3v) is 4.32. The predicted molar refractivity (Wildman–Crippen MR) is 81.0 cm³/mol. The molecule has 2 unspecified atom stereocenters. The second kappa shape index (κ2) is 6.13. The molecular formula is C15H19ClN4O. The molecule has 21 heavy (non-hydrogen) atoms. The summed E-state index contributed by atoms with van der Waals surface area (Å²) in [6, 6.07) is 7.61. The predicted octanol–water partition coefficient (Wildman–Crippen LogP) is 2.34. The fraction of sp³-hybridized carbons (Fsp3) is 0.467. The van der Waals surface area contributed by atoms with Crippen molar-refractivity contribution in [3.63, 3.8) is 0 Å². The van der Waals surface area contributed by atoms with E-state index in [1.165, 1.54) is 0 Å². The Balaban J connectivity index is 1.71. The Labute approximate surface area is 129 Å². The molecule has 0 amide bonds. The molecule has 1 fully saturated rings. The Bertz CT molecular complexity index is 598. The van der Waals surface area contributed by atoms with Gasteiger partial charge >= 0.3 is 0 Å². The van der Waals surface area contributed by atoms with Crippen molar-refractivity contribution in [1.29, 1.82) is 0 Å². The molecule has 1 aliphatic heterocycles. The summed E-state index contributed by atoms with van der Waals surface area (Å²) in [4.78, 5) is 2.28. The van der Waals surface area contributed by atoms with Crippen molar-refractivity contribution >= 4 is 11.6 Å². The molecule has 2 aromatic rings. The minimum atomic E-state index is -0.518. The van der Waals surface area contributed by atoms with Crippen LogP contribution in [0.4, 0.5) is 0 Å². The van der Waals surface area contributed by atoms with Crippen LogP contribution in [-0.2, 0) is 7.05 Å². The average molecular weight is 307 g/mol. The van der Waals surface area contributed by atoms with Gasteiger partial charge in [-0.1, -0.05) is 23.7 Å². The minimum Gasteiger partial charge on any atom is -0.387 e. The molecule has 0 aliphatic carbocycles. The second-order valence-electron chi connectivity index (χ2n) is 5.52. The van der Waals surface area contributed by atoms with Crippen LogP contribution in [0.5, 0.6) is 0 Å². The topological polar surface area (TPSA) is 54.2 Å². The molecule has 1 N–H and O–H groups in total. The molecule has 0 spiro atoms. The van der Waals surface area contributed by atoms with Crippen molar-refractivity contribution in [2.45, 2.75) is 25.0 Å². The highest BCUT2D eigenvalue weighted by Gasteiger charge is 2.30. The van der Waals surface area contributed by atoms with Gasteiger partial charge in [0.15, 0.2) is 0 Å². The quantitative estimate of drug-likeness (QED) is 0.942. The number of halogens is 1. The fourth-order valence-electron chi connectivity index (χ4n) is 2.94. The van der Waals surface area contributed by atoms with E-state index in [0.717, 1.165) is 30.8 Å². The normalized spacial score (nSPS) is 20.8. The van der Waals surface area contributed by atoms with Gasteiger partial charge in [-0.3, -0.25) is 4.90 Å². The molecule has 2 atom stereocenters. The van der Waals surface area contributed by atoms with Crippen LogP contribution in [0.1, 0.15) is 36.4 Å². The molecule has 0 saturated carbocycles. The van der Waals surface area contributed by atoms with Crippen LogP contribution < -0.4 is 0 Å². The summed E-state index contributed by atoms with van der Waals surface area (Å²) in [5.41, 5.74) is 0.892. The number of hydrogen-bond donors (Lipinski definition) is 1. The highest BCUT2D eigenvalue weighted by atomic mass is 35.5. The first kappa shape index (κ1) is 14.5. The molecular weight excluding hydrogens is 288 g/mol. The number of aliphatic hydroxyl groups excluding tert-OH is 1. The summed E-state index contributed by atoms with van der Waals surface area (Å²) in [6.45, 7) is 1.57. The summed E-state index contributed by atoms with van der Waals surface area (Å²) in [5.74, 6) is 0.968. The van der Waals surface area contributed by atoms with E-state index < -0.39 is 6.10 Å². The van der Waals surface area contributed by atoms with E-state index in [0.29, 0.717) is 11.6 Å². The van der Waals surface area contributed by atoms with Crippen molar-refractivity contribution < 1.29 is 5.11 Å². The van der Waals surface area contributed by atoms with Gasteiger partial charge in [-0.25, -0.2) is 0 Å². The molecule has 0 bridgehead atoms. The van der Waals surface area contributed by atoms with Crippen LogP contribution in [0.3, 0.4) is 0 Å². The number of aliphatic hydroxyl groups is 1. The van der Waals surface area contributed by atoms with Crippen LogP contribution in [-0.4, -0.2) is 37.9 Å². The average Bonchev–Trinajstić information content (AvgIpc) is 3.08. The summed E-state index contributed by atoms with van der Waals surface area (Å²) in [6.07, 6.45) is 3.38. The van der Waals surface area contributed by atoms with Gasteiger partial charge in [0.1, 0.15) is 12.2 Å².